The fourth-order valence-electron chi connectivity index (χ4n) is 0. The van der Waals surface area contributed by atoms with E-state index >= 15 is 0 Å². The summed E-state index contributed by atoms with van der Waals surface area (Å²) in [4.78, 5) is 0. The van der Waals surface area contributed by atoms with E-state index in [0.717, 1.165) is 0 Å². The van der Waals surface area contributed by atoms with E-state index in [1.54, 1.807) is 0 Å². The van der Waals surface area contributed by atoms with Crippen molar-refractivity contribution in [2.24, 2.45) is 0 Å². The number of hydrogen-bond donors (Lipinski definition) is 0. The fourth-order valence-corrected chi connectivity index (χ4v) is 0. The van der Waals surface area contributed by atoms with E-state index in [1.807, 2.05) is 0 Å². The SMILES string of the molecule is O=S([O-])([O-])=S.O=S([O-])([O-])=S.[K+].[Sb+3]. The largest absolute Gasteiger partial charge is 3.00 e. The van der Waals surface area contributed by atoms with Crippen molar-refractivity contribution in [2.45, 2.75) is 0 Å². The molecule has 0 aromatic rings. The van der Waals surface area contributed by atoms with Gasteiger partial charge in [0.15, 0.2) is 0 Å². The molecular formula is KO6S4Sb. The maximum atomic E-state index is 8.89. The molecule has 0 aromatic heterocycles. The summed E-state index contributed by atoms with van der Waals surface area (Å²) in [6.07, 6.45) is 0. The Hall–Kier alpha value is 3.03. The van der Waals surface area contributed by atoms with Crippen molar-refractivity contribution in [1.82, 2.24) is 0 Å². The van der Waals surface area contributed by atoms with Gasteiger partial charge in [-0.2, -0.15) is 0 Å². The average molecular weight is 385 g/mol. The standard InChI is InChI=1S/K.2H2O3S2.Sb/c;2*1-5(2,3)4;/h;2*(H2,1,2,3,4);/q+1;;;+3/p-4. The van der Waals surface area contributed by atoms with Crippen molar-refractivity contribution >= 4 is 64.9 Å². The van der Waals surface area contributed by atoms with Crippen molar-refractivity contribution in [1.29, 1.82) is 0 Å². The Morgan fingerprint density at radius 2 is 0.833 bits per heavy atom. The van der Waals surface area contributed by atoms with Crippen LogP contribution in [0.5, 0.6) is 0 Å². The molecule has 0 saturated heterocycles. The molecule has 12 heteroatoms. The van der Waals surface area contributed by atoms with Crippen LogP contribution in [0.15, 0.2) is 0 Å². The Balaban J connectivity index is -0.0000000457. The fraction of sp³-hybridized carbons (Fsp3) is 0. The molecule has 0 aromatic carbocycles. The van der Waals surface area contributed by atoms with Crippen LogP contribution < -0.4 is 51.4 Å². The van der Waals surface area contributed by atoms with E-state index in [2.05, 4.69) is 22.4 Å². The van der Waals surface area contributed by atoms with Gasteiger partial charge in [0.1, 0.15) is 0 Å². The molecule has 0 aliphatic carbocycles. The summed E-state index contributed by atoms with van der Waals surface area (Å²) in [7, 11) is -8.67. The van der Waals surface area contributed by atoms with Gasteiger partial charge in [-0.25, -0.2) is 0 Å². The maximum Gasteiger partial charge on any atom is 3.00 e. The van der Waals surface area contributed by atoms with Crippen LogP contribution in [0, 0.1) is 0 Å². The third kappa shape index (κ3) is 205. The van der Waals surface area contributed by atoms with Gasteiger partial charge in [-0.15, -0.1) is 18.1 Å². The molecule has 0 spiro atoms. The van der Waals surface area contributed by atoms with Gasteiger partial charge in [-0.3, -0.25) is 8.42 Å². The monoisotopic (exact) mass is 384 g/mol. The summed E-state index contributed by atoms with van der Waals surface area (Å²) < 4.78 is 53.3. The Labute approximate surface area is 140 Å². The minimum atomic E-state index is -4.33. The van der Waals surface area contributed by atoms with E-state index in [-0.39, 0.29) is 75.8 Å². The van der Waals surface area contributed by atoms with E-state index in [0.29, 0.717) is 0 Å². The number of hydrogen-bond acceptors (Lipinski definition) is 8. The first kappa shape index (κ1) is 24.3. The Morgan fingerprint density at radius 1 is 0.833 bits per heavy atom. The molecule has 0 aliphatic rings. The Bertz CT molecular complexity index is 216. The van der Waals surface area contributed by atoms with Crippen molar-refractivity contribution in [3.8, 4) is 0 Å². The second-order valence-electron chi connectivity index (χ2n) is 0.816. The van der Waals surface area contributed by atoms with Crippen molar-refractivity contribution < 1.29 is 78.0 Å². The summed E-state index contributed by atoms with van der Waals surface area (Å²) >= 11 is 6.49. The molecule has 0 fully saturated rings. The second-order valence-corrected chi connectivity index (χ2v) is 4.90. The molecule has 0 atom stereocenters. The molecule has 0 heterocycles. The van der Waals surface area contributed by atoms with Gasteiger partial charge in [0, 0.05) is 0 Å². The van der Waals surface area contributed by atoms with Crippen molar-refractivity contribution in [2.75, 3.05) is 0 Å². The topological polar surface area (TPSA) is 126 Å². The normalized spacial score (nSPS) is 9.67. The predicted molar refractivity (Wildman–Crippen MR) is 39.9 cm³/mol. The van der Waals surface area contributed by atoms with Crippen LogP contribution in [0.1, 0.15) is 0 Å². The molecule has 6 nitrogen and oxygen atoms in total. The van der Waals surface area contributed by atoms with Crippen LogP contribution in [0.4, 0.5) is 0 Å². The van der Waals surface area contributed by atoms with Gasteiger partial charge in [-0.1, -0.05) is 0 Å². The molecule has 0 amide bonds. The zero-order valence-corrected chi connectivity index (χ0v) is 14.5. The molecule has 0 bridgehead atoms. The van der Waals surface area contributed by atoms with Gasteiger partial charge in [0.25, 0.3) is 0 Å². The Morgan fingerprint density at radius 3 is 0.833 bits per heavy atom. The summed E-state index contributed by atoms with van der Waals surface area (Å²) in [6, 6.07) is 0. The van der Waals surface area contributed by atoms with Crippen LogP contribution in [0.3, 0.4) is 0 Å². The van der Waals surface area contributed by atoms with E-state index in [4.69, 9.17) is 26.6 Å². The molecule has 0 rings (SSSR count). The van der Waals surface area contributed by atoms with Crippen LogP contribution >= 0.6 is 0 Å². The van der Waals surface area contributed by atoms with Gasteiger partial charge >= 0.3 is 75.8 Å². The first-order chi connectivity index (χ1) is 4.00. The van der Waals surface area contributed by atoms with Gasteiger partial charge in [-0.05, 0) is 22.4 Å². The van der Waals surface area contributed by atoms with E-state index in [9.17, 15) is 0 Å². The molecule has 66 valence electrons. The molecule has 12 heavy (non-hydrogen) atoms. The summed E-state index contributed by atoms with van der Waals surface area (Å²) in [6.45, 7) is 0. The van der Waals surface area contributed by atoms with Gasteiger partial charge < -0.3 is 18.2 Å². The number of rotatable bonds is 0. The van der Waals surface area contributed by atoms with Gasteiger partial charge in [0.2, 0.25) is 0 Å². The van der Waals surface area contributed by atoms with Crippen LogP contribution in [-0.2, 0) is 40.5 Å². The predicted octanol–water partition coefficient (Wildman–Crippen LogP) is -5.39. The van der Waals surface area contributed by atoms with Crippen LogP contribution in [-0.4, -0.2) is 51.1 Å². The molecule has 0 saturated carbocycles. The van der Waals surface area contributed by atoms with E-state index < -0.39 is 18.1 Å². The third-order valence-electron chi connectivity index (χ3n) is 0. The quantitative estimate of drug-likeness (QED) is 0.379. The molecular weight excluding hydrogens is 385 g/mol. The summed E-state index contributed by atoms with van der Waals surface area (Å²) in [5.74, 6) is 0. The smallest absolute Gasteiger partial charge is 0.780 e. The molecule has 0 aliphatic heterocycles. The van der Waals surface area contributed by atoms with E-state index in [1.165, 1.54) is 0 Å². The minimum absolute atomic E-state index is 0. The second kappa shape index (κ2) is 10.5. The first-order valence-electron chi connectivity index (χ1n) is 1.33. The van der Waals surface area contributed by atoms with Crippen molar-refractivity contribution in [3.63, 3.8) is 0 Å². The van der Waals surface area contributed by atoms with Crippen molar-refractivity contribution in [3.05, 3.63) is 0 Å². The summed E-state index contributed by atoms with van der Waals surface area (Å²) in [5, 5.41) is 0. The molecule has 2 radical (unpaired) electrons. The minimum Gasteiger partial charge on any atom is -0.780 e. The zero-order chi connectivity index (χ0) is 9.00. The average Bonchev–Trinajstić information content (AvgIpc) is 1.12. The zero-order valence-electron chi connectivity index (χ0n) is 5.53. The molecule has 0 unspecified atom stereocenters. The summed E-state index contributed by atoms with van der Waals surface area (Å²) in [5.41, 5.74) is 0. The van der Waals surface area contributed by atoms with Crippen LogP contribution in [0.25, 0.3) is 0 Å². The molecule has 0 N–H and O–H groups in total. The first-order valence-corrected chi connectivity index (χ1v) is 6.00. The Kier molecular flexibility index (Phi) is 21.4. The van der Waals surface area contributed by atoms with Crippen LogP contribution in [0.2, 0.25) is 0 Å². The third-order valence-corrected chi connectivity index (χ3v) is 0. The van der Waals surface area contributed by atoms with Gasteiger partial charge in [0.05, 0.1) is 0 Å². The maximum absolute atomic E-state index is 8.89.